The highest BCUT2D eigenvalue weighted by atomic mass is 16.1. The van der Waals surface area contributed by atoms with Gasteiger partial charge < -0.3 is 9.98 Å². The summed E-state index contributed by atoms with van der Waals surface area (Å²) in [5.41, 5.74) is 4.69. The van der Waals surface area contributed by atoms with Crippen LogP contribution in [-0.4, -0.2) is 17.1 Å². The van der Waals surface area contributed by atoms with Crippen LogP contribution in [0.5, 0.6) is 0 Å². The molecule has 3 aromatic carbocycles. The molecule has 0 amide bonds. The van der Waals surface area contributed by atoms with Gasteiger partial charge in [-0.3, -0.25) is 4.79 Å². The van der Waals surface area contributed by atoms with E-state index in [0.717, 1.165) is 28.3 Å². The lowest BCUT2D eigenvalue weighted by Gasteiger charge is -2.11. The van der Waals surface area contributed by atoms with Crippen molar-refractivity contribution in [1.82, 2.24) is 4.57 Å². The maximum atomic E-state index is 11.8. The van der Waals surface area contributed by atoms with Crippen LogP contribution in [0, 0.1) is 12.3 Å². The molecule has 0 fully saturated rings. The number of carbonyl (C=O) groups excluding carboxylic acids is 1. The van der Waals surface area contributed by atoms with Crippen LogP contribution in [0.15, 0.2) is 60.7 Å². The van der Waals surface area contributed by atoms with Crippen molar-refractivity contribution in [3.05, 3.63) is 83.0 Å². The first-order valence-corrected chi connectivity index (χ1v) is 8.28. The van der Waals surface area contributed by atoms with Gasteiger partial charge in [-0.05, 0) is 40.5 Å². The minimum absolute atomic E-state index is 0.626. The standard InChI is InChI=1S/C22H18N2O/c1-15-19-10-9-16(12-23)11-21(19)24(22(15)14-25)13-18-7-4-6-17-5-2-3-8-20(17)18/h2-12,14,23H,13H2,1H3. The highest BCUT2D eigenvalue weighted by molar-refractivity contribution is 5.96. The van der Waals surface area contributed by atoms with Crippen molar-refractivity contribution >= 4 is 34.2 Å². The van der Waals surface area contributed by atoms with Crippen molar-refractivity contribution in [3.8, 4) is 0 Å². The van der Waals surface area contributed by atoms with Crippen molar-refractivity contribution in [2.24, 2.45) is 0 Å². The fourth-order valence-corrected chi connectivity index (χ4v) is 3.57. The molecular weight excluding hydrogens is 308 g/mol. The number of nitrogens with one attached hydrogen (secondary N) is 1. The second kappa shape index (κ2) is 6.02. The first kappa shape index (κ1) is 15.3. The molecule has 1 aromatic heterocycles. The Morgan fingerprint density at radius 1 is 1.00 bits per heavy atom. The van der Waals surface area contributed by atoms with Gasteiger partial charge in [-0.1, -0.05) is 54.6 Å². The first-order chi connectivity index (χ1) is 12.2. The number of aldehydes is 1. The van der Waals surface area contributed by atoms with Crippen molar-refractivity contribution in [2.75, 3.05) is 0 Å². The van der Waals surface area contributed by atoms with Crippen LogP contribution in [0.4, 0.5) is 0 Å². The monoisotopic (exact) mass is 326 g/mol. The van der Waals surface area contributed by atoms with E-state index in [1.165, 1.54) is 22.6 Å². The zero-order chi connectivity index (χ0) is 17.4. The van der Waals surface area contributed by atoms with E-state index < -0.39 is 0 Å². The van der Waals surface area contributed by atoms with Crippen LogP contribution in [0.2, 0.25) is 0 Å². The van der Waals surface area contributed by atoms with E-state index in [0.29, 0.717) is 12.2 Å². The van der Waals surface area contributed by atoms with Gasteiger partial charge >= 0.3 is 0 Å². The van der Waals surface area contributed by atoms with E-state index in [4.69, 9.17) is 5.41 Å². The Labute approximate surface area is 146 Å². The van der Waals surface area contributed by atoms with Crippen LogP contribution < -0.4 is 0 Å². The van der Waals surface area contributed by atoms with Crippen molar-refractivity contribution in [3.63, 3.8) is 0 Å². The number of aryl methyl sites for hydroxylation is 1. The van der Waals surface area contributed by atoms with E-state index in [9.17, 15) is 4.79 Å². The number of nitrogens with zero attached hydrogens (tertiary/aromatic N) is 1. The third kappa shape index (κ3) is 2.45. The molecule has 0 saturated heterocycles. The fourth-order valence-electron chi connectivity index (χ4n) is 3.57. The topological polar surface area (TPSA) is 45.9 Å². The van der Waals surface area contributed by atoms with Gasteiger partial charge in [-0.25, -0.2) is 0 Å². The molecule has 0 bridgehead atoms. The molecule has 0 aliphatic rings. The summed E-state index contributed by atoms with van der Waals surface area (Å²) >= 11 is 0. The summed E-state index contributed by atoms with van der Waals surface area (Å²) in [5.74, 6) is 0. The van der Waals surface area contributed by atoms with Gasteiger partial charge in [0.1, 0.15) is 0 Å². The summed E-state index contributed by atoms with van der Waals surface area (Å²) < 4.78 is 2.06. The summed E-state index contributed by atoms with van der Waals surface area (Å²) in [6, 6.07) is 20.5. The van der Waals surface area contributed by atoms with E-state index in [1.54, 1.807) is 0 Å². The average Bonchev–Trinajstić information content (AvgIpc) is 2.92. The Kier molecular flexibility index (Phi) is 3.69. The van der Waals surface area contributed by atoms with E-state index in [1.807, 2.05) is 37.3 Å². The summed E-state index contributed by atoms with van der Waals surface area (Å²) in [6.45, 7) is 2.61. The van der Waals surface area contributed by atoms with Crippen LogP contribution in [0.1, 0.15) is 27.2 Å². The third-order valence-corrected chi connectivity index (χ3v) is 4.88. The first-order valence-electron chi connectivity index (χ1n) is 8.28. The number of hydrogen-bond acceptors (Lipinski definition) is 2. The van der Waals surface area contributed by atoms with Crippen molar-refractivity contribution < 1.29 is 4.79 Å². The Hall–Kier alpha value is -3.20. The molecule has 1 N–H and O–H groups in total. The molecular formula is C22H18N2O. The molecule has 0 aliphatic heterocycles. The Morgan fingerprint density at radius 3 is 2.60 bits per heavy atom. The van der Waals surface area contributed by atoms with Gasteiger partial charge in [0, 0.05) is 23.7 Å². The van der Waals surface area contributed by atoms with E-state index >= 15 is 0 Å². The lowest BCUT2D eigenvalue weighted by Crippen LogP contribution is -2.05. The average molecular weight is 326 g/mol. The van der Waals surface area contributed by atoms with Crippen molar-refractivity contribution in [1.29, 1.82) is 5.41 Å². The van der Waals surface area contributed by atoms with Crippen LogP contribution in [0.3, 0.4) is 0 Å². The second-order valence-corrected chi connectivity index (χ2v) is 6.27. The van der Waals surface area contributed by atoms with Gasteiger partial charge in [0.15, 0.2) is 6.29 Å². The van der Waals surface area contributed by atoms with Crippen molar-refractivity contribution in [2.45, 2.75) is 13.5 Å². The predicted octanol–water partition coefficient (Wildman–Crippen LogP) is 4.96. The third-order valence-electron chi connectivity index (χ3n) is 4.88. The minimum atomic E-state index is 0.626. The molecule has 25 heavy (non-hydrogen) atoms. The molecule has 0 radical (unpaired) electrons. The van der Waals surface area contributed by atoms with E-state index in [-0.39, 0.29) is 0 Å². The maximum absolute atomic E-state index is 11.8. The number of rotatable bonds is 4. The Morgan fingerprint density at radius 2 is 1.80 bits per heavy atom. The summed E-state index contributed by atoms with van der Waals surface area (Å²) in [7, 11) is 0. The number of carbonyl (C=O) groups is 1. The zero-order valence-electron chi connectivity index (χ0n) is 14.0. The summed E-state index contributed by atoms with van der Waals surface area (Å²) in [5, 5.41) is 11.0. The minimum Gasteiger partial charge on any atom is -0.334 e. The van der Waals surface area contributed by atoms with Crippen LogP contribution in [-0.2, 0) is 6.54 Å². The SMILES string of the molecule is Cc1c(C=O)n(Cc2cccc3ccccc23)c2cc(C=N)ccc12. The van der Waals surface area contributed by atoms with Gasteiger partial charge in [-0.2, -0.15) is 0 Å². The number of aromatic nitrogens is 1. The second-order valence-electron chi connectivity index (χ2n) is 6.27. The molecule has 0 saturated carbocycles. The lowest BCUT2D eigenvalue weighted by molar-refractivity contribution is 0.111. The highest BCUT2D eigenvalue weighted by Crippen LogP contribution is 2.28. The van der Waals surface area contributed by atoms with E-state index in [2.05, 4.69) is 34.9 Å². The fraction of sp³-hybridized carbons (Fsp3) is 0.0909. The summed E-state index contributed by atoms with van der Waals surface area (Å²) in [4.78, 5) is 11.8. The lowest BCUT2D eigenvalue weighted by atomic mass is 10.0. The smallest absolute Gasteiger partial charge is 0.166 e. The largest absolute Gasteiger partial charge is 0.334 e. The number of benzene rings is 3. The van der Waals surface area contributed by atoms with Gasteiger partial charge in [0.2, 0.25) is 0 Å². The molecule has 0 aliphatic carbocycles. The molecule has 0 spiro atoms. The molecule has 3 nitrogen and oxygen atoms in total. The molecule has 0 atom stereocenters. The quantitative estimate of drug-likeness (QED) is 0.418. The predicted molar refractivity (Wildman–Crippen MR) is 103 cm³/mol. The van der Waals surface area contributed by atoms with Gasteiger partial charge in [0.05, 0.1) is 5.69 Å². The Bertz CT molecular complexity index is 1120. The summed E-state index contributed by atoms with van der Waals surface area (Å²) in [6.07, 6.45) is 2.27. The normalized spacial score (nSPS) is 11.1. The molecule has 3 heteroatoms. The highest BCUT2D eigenvalue weighted by Gasteiger charge is 2.15. The molecule has 1 heterocycles. The van der Waals surface area contributed by atoms with Gasteiger partial charge in [0.25, 0.3) is 0 Å². The molecule has 4 aromatic rings. The number of hydrogen-bond donors (Lipinski definition) is 1. The molecule has 122 valence electrons. The number of fused-ring (bicyclic) bond motifs is 2. The maximum Gasteiger partial charge on any atom is 0.166 e. The zero-order valence-corrected chi connectivity index (χ0v) is 14.0. The van der Waals surface area contributed by atoms with Gasteiger partial charge in [-0.15, -0.1) is 0 Å². The van der Waals surface area contributed by atoms with Crippen LogP contribution >= 0.6 is 0 Å². The molecule has 4 rings (SSSR count). The van der Waals surface area contributed by atoms with Crippen LogP contribution in [0.25, 0.3) is 21.7 Å². The molecule has 0 unspecified atom stereocenters. The Balaban J connectivity index is 1.96.